The second kappa shape index (κ2) is 5.29. The van der Waals surface area contributed by atoms with Gasteiger partial charge in [-0.15, -0.1) is 0 Å². The summed E-state index contributed by atoms with van der Waals surface area (Å²) in [5.41, 5.74) is 1.46. The van der Waals surface area contributed by atoms with Gasteiger partial charge in [-0.25, -0.2) is 0 Å². The van der Waals surface area contributed by atoms with Crippen molar-refractivity contribution in [1.82, 2.24) is 5.32 Å². The lowest BCUT2D eigenvalue weighted by molar-refractivity contribution is 0.149. The topological polar surface area (TPSA) is 21.3 Å². The molecule has 1 aromatic rings. The third kappa shape index (κ3) is 3.05. The highest BCUT2D eigenvalue weighted by Crippen LogP contribution is 2.40. The Morgan fingerprint density at radius 2 is 2.13 bits per heavy atom. The van der Waals surface area contributed by atoms with Crippen LogP contribution in [0.2, 0.25) is 0 Å². The molecule has 2 rings (SSSR count). The van der Waals surface area contributed by atoms with Gasteiger partial charge in [-0.1, -0.05) is 30.3 Å². The van der Waals surface area contributed by atoms with Crippen molar-refractivity contribution >= 4 is 0 Å². The van der Waals surface area contributed by atoms with Crippen LogP contribution in [0.1, 0.15) is 24.8 Å². The van der Waals surface area contributed by atoms with Gasteiger partial charge in [0.1, 0.15) is 0 Å². The van der Waals surface area contributed by atoms with Crippen molar-refractivity contribution in [1.29, 1.82) is 0 Å². The highest BCUT2D eigenvalue weighted by atomic mass is 16.5. The third-order valence-corrected chi connectivity index (χ3v) is 2.88. The summed E-state index contributed by atoms with van der Waals surface area (Å²) in [5, 5.41) is 3.51. The summed E-state index contributed by atoms with van der Waals surface area (Å²) in [4.78, 5) is 0. The second-order valence-electron chi connectivity index (χ2n) is 4.01. The van der Waals surface area contributed by atoms with Crippen molar-refractivity contribution in [3.63, 3.8) is 0 Å². The normalized spacial score (nSPS) is 24.1. The van der Waals surface area contributed by atoms with E-state index in [1.807, 2.05) is 6.92 Å². The molecule has 1 aromatic carbocycles. The maximum Gasteiger partial charge on any atom is 0.0590 e. The molecule has 1 fully saturated rings. The Bertz CT molecular complexity index is 286. The van der Waals surface area contributed by atoms with Gasteiger partial charge >= 0.3 is 0 Å². The molecule has 0 radical (unpaired) electrons. The molecule has 1 N–H and O–H groups in total. The van der Waals surface area contributed by atoms with Gasteiger partial charge in [-0.05, 0) is 18.9 Å². The van der Waals surface area contributed by atoms with Gasteiger partial charge in [0.05, 0.1) is 6.61 Å². The molecule has 82 valence electrons. The molecule has 2 atom stereocenters. The molecular weight excluding hydrogens is 186 g/mol. The molecule has 0 saturated heterocycles. The van der Waals surface area contributed by atoms with Gasteiger partial charge in [-0.2, -0.15) is 0 Å². The van der Waals surface area contributed by atoms with Crippen LogP contribution in [0.3, 0.4) is 0 Å². The van der Waals surface area contributed by atoms with Gasteiger partial charge in [0.25, 0.3) is 0 Å². The highest BCUT2D eigenvalue weighted by molar-refractivity contribution is 5.27. The number of hydrogen-bond donors (Lipinski definition) is 1. The van der Waals surface area contributed by atoms with Crippen LogP contribution < -0.4 is 5.32 Å². The Balaban J connectivity index is 1.68. The highest BCUT2D eigenvalue weighted by Gasteiger charge is 2.37. The van der Waals surface area contributed by atoms with Crippen LogP contribution in [0, 0.1) is 0 Å². The molecule has 2 unspecified atom stereocenters. The maximum atomic E-state index is 5.29. The van der Waals surface area contributed by atoms with Crippen LogP contribution in [-0.2, 0) is 4.74 Å². The zero-order valence-electron chi connectivity index (χ0n) is 9.28. The quantitative estimate of drug-likeness (QED) is 0.719. The lowest BCUT2D eigenvalue weighted by Gasteiger charge is -2.04. The van der Waals surface area contributed by atoms with Crippen molar-refractivity contribution in [2.24, 2.45) is 0 Å². The van der Waals surface area contributed by atoms with Gasteiger partial charge in [-0.3, -0.25) is 0 Å². The summed E-state index contributed by atoms with van der Waals surface area (Å²) >= 11 is 0. The molecule has 1 aliphatic rings. The van der Waals surface area contributed by atoms with Crippen molar-refractivity contribution in [3.05, 3.63) is 35.9 Å². The Hall–Kier alpha value is -0.860. The van der Waals surface area contributed by atoms with Gasteiger partial charge in [0, 0.05) is 25.1 Å². The van der Waals surface area contributed by atoms with E-state index in [1.165, 1.54) is 12.0 Å². The Kier molecular flexibility index (Phi) is 3.75. The number of hydrogen-bond acceptors (Lipinski definition) is 2. The summed E-state index contributed by atoms with van der Waals surface area (Å²) in [6.45, 7) is 4.65. The van der Waals surface area contributed by atoms with E-state index in [-0.39, 0.29) is 0 Å². The van der Waals surface area contributed by atoms with Crippen molar-refractivity contribution in [2.45, 2.75) is 25.3 Å². The monoisotopic (exact) mass is 205 g/mol. The zero-order valence-corrected chi connectivity index (χ0v) is 9.28. The first-order valence-electron chi connectivity index (χ1n) is 5.78. The fourth-order valence-electron chi connectivity index (χ4n) is 1.95. The smallest absolute Gasteiger partial charge is 0.0590 e. The molecule has 0 amide bonds. The summed E-state index contributed by atoms with van der Waals surface area (Å²) in [7, 11) is 0. The number of nitrogens with one attached hydrogen (secondary N) is 1. The van der Waals surface area contributed by atoms with E-state index in [1.54, 1.807) is 0 Å². The van der Waals surface area contributed by atoms with Crippen molar-refractivity contribution in [3.8, 4) is 0 Å². The second-order valence-corrected chi connectivity index (χ2v) is 4.01. The van der Waals surface area contributed by atoms with Crippen LogP contribution in [0.5, 0.6) is 0 Å². The van der Waals surface area contributed by atoms with E-state index in [2.05, 4.69) is 35.6 Å². The number of ether oxygens (including phenoxy) is 1. The maximum absolute atomic E-state index is 5.29. The fourth-order valence-corrected chi connectivity index (χ4v) is 1.95. The lowest BCUT2D eigenvalue weighted by atomic mass is 10.1. The molecule has 0 aromatic heterocycles. The van der Waals surface area contributed by atoms with E-state index in [4.69, 9.17) is 4.74 Å². The number of rotatable bonds is 6. The predicted octanol–water partition coefficient (Wildman–Crippen LogP) is 2.17. The summed E-state index contributed by atoms with van der Waals surface area (Å²) < 4.78 is 5.29. The van der Waals surface area contributed by atoms with Gasteiger partial charge < -0.3 is 10.1 Å². The summed E-state index contributed by atoms with van der Waals surface area (Å²) in [6, 6.07) is 11.4. The van der Waals surface area contributed by atoms with E-state index in [9.17, 15) is 0 Å². The first-order valence-corrected chi connectivity index (χ1v) is 5.78. The molecule has 2 heteroatoms. The van der Waals surface area contributed by atoms with E-state index >= 15 is 0 Å². The minimum absolute atomic E-state index is 0.674. The van der Waals surface area contributed by atoms with Crippen LogP contribution in [0.25, 0.3) is 0 Å². The SMILES string of the molecule is CCOCCNC1CC1c1ccccc1. The Morgan fingerprint density at radius 3 is 2.87 bits per heavy atom. The third-order valence-electron chi connectivity index (χ3n) is 2.88. The van der Waals surface area contributed by atoms with Crippen LogP contribution >= 0.6 is 0 Å². The molecule has 0 heterocycles. The molecule has 15 heavy (non-hydrogen) atoms. The van der Waals surface area contributed by atoms with Crippen molar-refractivity contribution in [2.75, 3.05) is 19.8 Å². The minimum atomic E-state index is 0.674. The summed E-state index contributed by atoms with van der Waals surface area (Å²) in [5.74, 6) is 0.729. The predicted molar refractivity (Wildman–Crippen MR) is 62.1 cm³/mol. The molecule has 2 nitrogen and oxygen atoms in total. The standard InChI is InChI=1S/C13H19NO/c1-2-15-9-8-14-13-10-12(13)11-6-4-3-5-7-11/h3-7,12-14H,2,8-10H2,1H3. The molecule has 1 aliphatic carbocycles. The van der Waals surface area contributed by atoms with Gasteiger partial charge in [0.2, 0.25) is 0 Å². The van der Waals surface area contributed by atoms with E-state index < -0.39 is 0 Å². The largest absolute Gasteiger partial charge is 0.380 e. The molecular formula is C13H19NO. The van der Waals surface area contributed by atoms with Crippen LogP contribution in [0.15, 0.2) is 30.3 Å². The molecule has 0 spiro atoms. The first kappa shape index (κ1) is 10.7. The molecule has 0 aliphatic heterocycles. The summed E-state index contributed by atoms with van der Waals surface area (Å²) in [6.07, 6.45) is 1.27. The molecule has 0 bridgehead atoms. The Labute approximate surface area is 91.6 Å². The van der Waals surface area contributed by atoms with Crippen LogP contribution in [0.4, 0.5) is 0 Å². The molecule has 1 saturated carbocycles. The minimum Gasteiger partial charge on any atom is -0.380 e. The zero-order chi connectivity index (χ0) is 10.5. The average Bonchev–Trinajstić information content (AvgIpc) is 3.05. The van der Waals surface area contributed by atoms with E-state index in [0.29, 0.717) is 6.04 Å². The van der Waals surface area contributed by atoms with Crippen molar-refractivity contribution < 1.29 is 4.74 Å². The van der Waals surface area contributed by atoms with E-state index in [0.717, 1.165) is 25.7 Å². The first-order chi connectivity index (χ1) is 7.42. The Morgan fingerprint density at radius 1 is 1.33 bits per heavy atom. The fraction of sp³-hybridized carbons (Fsp3) is 0.538. The lowest BCUT2D eigenvalue weighted by Crippen LogP contribution is -2.22. The average molecular weight is 205 g/mol. The van der Waals surface area contributed by atoms with Gasteiger partial charge in [0.15, 0.2) is 0 Å². The number of benzene rings is 1. The van der Waals surface area contributed by atoms with Crippen LogP contribution in [-0.4, -0.2) is 25.8 Å².